The minimum Gasteiger partial charge on any atom is -0.325 e. The Kier molecular flexibility index (Phi) is 3.99. The highest BCUT2D eigenvalue weighted by atomic mass is 79.9. The topological polar surface area (TPSA) is 113 Å². The van der Waals surface area contributed by atoms with Crippen LogP contribution in [-0.4, -0.2) is 19.6 Å². The normalized spacial score (nSPS) is 16.7. The Balaban J connectivity index is 2.01. The van der Waals surface area contributed by atoms with Gasteiger partial charge in [0, 0.05) is 6.07 Å². The molecule has 1 aromatic heterocycles. The summed E-state index contributed by atoms with van der Waals surface area (Å²) < 4.78 is 2.19. The van der Waals surface area contributed by atoms with E-state index in [0.717, 1.165) is 18.4 Å². The molecule has 1 atom stereocenters. The monoisotopic (exact) mass is 382 g/mol. The molecule has 1 unspecified atom stereocenters. The van der Waals surface area contributed by atoms with Gasteiger partial charge in [0.2, 0.25) is 5.88 Å². The lowest BCUT2D eigenvalue weighted by molar-refractivity contribution is -0.712. The standard InChI is InChI=1S/C13H11BrN4O5/c14-9-5-4-8(6-12(9)17(19)20)10-2-1-3-11-13(23-18(21)22)15-7-16(10)11/h4-7,10H,1-3H2. The number of nitro benzene ring substituents is 1. The Morgan fingerprint density at radius 2 is 2.13 bits per heavy atom. The van der Waals surface area contributed by atoms with Crippen LogP contribution in [0, 0.1) is 20.2 Å². The zero-order valence-corrected chi connectivity index (χ0v) is 13.3. The second-order valence-electron chi connectivity index (χ2n) is 5.09. The van der Waals surface area contributed by atoms with E-state index in [1.165, 1.54) is 12.4 Å². The van der Waals surface area contributed by atoms with E-state index in [2.05, 4.69) is 25.8 Å². The van der Waals surface area contributed by atoms with Crippen molar-refractivity contribution >= 4 is 21.6 Å². The van der Waals surface area contributed by atoms with Gasteiger partial charge in [0.05, 0.1) is 27.5 Å². The molecule has 0 radical (unpaired) electrons. The summed E-state index contributed by atoms with van der Waals surface area (Å²) in [5.41, 5.74) is 1.37. The van der Waals surface area contributed by atoms with Gasteiger partial charge >= 0.3 is 5.09 Å². The first-order valence-corrected chi connectivity index (χ1v) is 7.58. The third kappa shape index (κ3) is 2.89. The molecule has 0 fully saturated rings. The van der Waals surface area contributed by atoms with E-state index in [9.17, 15) is 20.2 Å². The minimum atomic E-state index is -0.892. The van der Waals surface area contributed by atoms with Gasteiger partial charge in [0.15, 0.2) is 0 Å². The number of halogens is 1. The highest BCUT2D eigenvalue weighted by Gasteiger charge is 2.27. The molecule has 1 aliphatic heterocycles. The molecule has 0 aliphatic carbocycles. The maximum atomic E-state index is 11.1. The Hall–Kier alpha value is -2.49. The molecule has 0 bridgehead atoms. The zero-order valence-electron chi connectivity index (χ0n) is 11.7. The van der Waals surface area contributed by atoms with Gasteiger partial charge in [-0.15, -0.1) is 10.1 Å². The first-order chi connectivity index (χ1) is 11.0. The molecule has 0 saturated heterocycles. The van der Waals surface area contributed by atoms with Gasteiger partial charge in [-0.3, -0.25) is 15.0 Å². The predicted octanol–water partition coefficient (Wildman–Crippen LogP) is 3.05. The molecule has 2 heterocycles. The van der Waals surface area contributed by atoms with E-state index in [4.69, 9.17) is 0 Å². The third-order valence-electron chi connectivity index (χ3n) is 3.80. The summed E-state index contributed by atoms with van der Waals surface area (Å²) in [4.78, 5) is 29.6. The number of hydrogen-bond donors (Lipinski definition) is 0. The van der Waals surface area contributed by atoms with Crippen LogP contribution in [0.2, 0.25) is 0 Å². The average molecular weight is 383 g/mol. The molecule has 10 heteroatoms. The van der Waals surface area contributed by atoms with Crippen molar-refractivity contribution in [1.82, 2.24) is 9.55 Å². The van der Waals surface area contributed by atoms with Gasteiger partial charge in [0.1, 0.15) is 0 Å². The second-order valence-corrected chi connectivity index (χ2v) is 5.95. The minimum absolute atomic E-state index is 0.0171. The van der Waals surface area contributed by atoms with Gasteiger partial charge in [-0.2, -0.15) is 0 Å². The van der Waals surface area contributed by atoms with E-state index in [1.807, 2.05) is 0 Å². The number of nitrogens with zero attached hydrogens (tertiary/aromatic N) is 4. The Morgan fingerprint density at radius 1 is 1.35 bits per heavy atom. The fraction of sp³-hybridized carbons (Fsp3) is 0.308. The number of aromatic nitrogens is 2. The summed E-state index contributed by atoms with van der Waals surface area (Å²) >= 11 is 3.16. The van der Waals surface area contributed by atoms with E-state index in [-0.39, 0.29) is 17.6 Å². The van der Waals surface area contributed by atoms with Crippen LogP contribution in [0.25, 0.3) is 0 Å². The molecule has 0 N–H and O–H groups in total. The number of imidazole rings is 1. The molecule has 0 spiro atoms. The van der Waals surface area contributed by atoms with Crippen LogP contribution in [-0.2, 0) is 6.42 Å². The van der Waals surface area contributed by atoms with E-state index in [0.29, 0.717) is 16.6 Å². The van der Waals surface area contributed by atoms with Crippen LogP contribution in [0.3, 0.4) is 0 Å². The highest BCUT2D eigenvalue weighted by Crippen LogP contribution is 2.37. The lowest BCUT2D eigenvalue weighted by Gasteiger charge is -2.26. The molecule has 9 nitrogen and oxygen atoms in total. The Labute approximate surface area is 138 Å². The van der Waals surface area contributed by atoms with Crippen LogP contribution in [0.5, 0.6) is 5.88 Å². The van der Waals surface area contributed by atoms with Crippen molar-refractivity contribution in [1.29, 1.82) is 0 Å². The van der Waals surface area contributed by atoms with Crippen LogP contribution >= 0.6 is 15.9 Å². The molecule has 3 rings (SSSR count). The van der Waals surface area contributed by atoms with Crippen molar-refractivity contribution in [2.24, 2.45) is 0 Å². The van der Waals surface area contributed by atoms with Crippen LogP contribution in [0.15, 0.2) is 29.0 Å². The Morgan fingerprint density at radius 3 is 2.83 bits per heavy atom. The molecule has 1 aliphatic rings. The maximum absolute atomic E-state index is 11.1. The smallest absolute Gasteiger partial charge is 0.301 e. The van der Waals surface area contributed by atoms with Crippen molar-refractivity contribution in [2.75, 3.05) is 0 Å². The summed E-state index contributed by atoms with van der Waals surface area (Å²) in [5, 5.41) is 20.7. The zero-order chi connectivity index (χ0) is 16.6. The molecular formula is C13H11BrN4O5. The molecule has 0 amide bonds. The van der Waals surface area contributed by atoms with E-state index >= 15 is 0 Å². The molecule has 2 aromatic rings. The fourth-order valence-corrected chi connectivity index (χ4v) is 3.22. The number of rotatable bonds is 4. The van der Waals surface area contributed by atoms with E-state index < -0.39 is 10.0 Å². The van der Waals surface area contributed by atoms with Crippen molar-refractivity contribution < 1.29 is 14.8 Å². The van der Waals surface area contributed by atoms with Gasteiger partial charge in [-0.05, 0) is 46.8 Å². The second kappa shape index (κ2) is 5.95. The molecule has 0 saturated carbocycles. The number of hydrogen-bond acceptors (Lipinski definition) is 6. The van der Waals surface area contributed by atoms with Gasteiger partial charge in [-0.1, -0.05) is 6.07 Å². The van der Waals surface area contributed by atoms with Crippen LogP contribution < -0.4 is 4.84 Å². The quantitative estimate of drug-likeness (QED) is 0.592. The first-order valence-electron chi connectivity index (χ1n) is 6.79. The van der Waals surface area contributed by atoms with Crippen LogP contribution in [0.1, 0.15) is 30.1 Å². The lowest BCUT2D eigenvalue weighted by atomic mass is 9.96. The average Bonchev–Trinajstić information content (AvgIpc) is 2.90. The summed E-state index contributed by atoms with van der Waals surface area (Å²) in [5.74, 6) is -0.0219. The van der Waals surface area contributed by atoms with E-state index in [1.54, 1.807) is 16.7 Å². The molecule has 23 heavy (non-hydrogen) atoms. The van der Waals surface area contributed by atoms with Crippen molar-refractivity contribution in [3.8, 4) is 5.88 Å². The molecule has 1 aromatic carbocycles. The predicted molar refractivity (Wildman–Crippen MR) is 81.7 cm³/mol. The van der Waals surface area contributed by atoms with Gasteiger partial charge < -0.3 is 4.57 Å². The van der Waals surface area contributed by atoms with Crippen molar-refractivity contribution in [2.45, 2.75) is 25.3 Å². The summed E-state index contributed by atoms with van der Waals surface area (Å²) in [6, 6.07) is 4.78. The maximum Gasteiger partial charge on any atom is 0.301 e. The number of nitro groups is 1. The van der Waals surface area contributed by atoms with Crippen LogP contribution in [0.4, 0.5) is 5.69 Å². The number of benzene rings is 1. The SMILES string of the molecule is O=[N+]([O-])Oc1ncn2c1CCCC2c1ccc(Br)c([N+](=O)[O-])c1. The van der Waals surface area contributed by atoms with Crippen molar-refractivity contribution in [3.05, 3.63) is 60.5 Å². The summed E-state index contributed by atoms with van der Waals surface area (Å²) in [6.45, 7) is 0. The van der Waals surface area contributed by atoms with Gasteiger partial charge in [-0.25, -0.2) is 4.98 Å². The Bertz CT molecular complexity index is 791. The largest absolute Gasteiger partial charge is 0.325 e. The van der Waals surface area contributed by atoms with Gasteiger partial charge in [0.25, 0.3) is 5.69 Å². The van der Waals surface area contributed by atoms with Crippen molar-refractivity contribution in [3.63, 3.8) is 0 Å². The summed E-state index contributed by atoms with van der Waals surface area (Å²) in [7, 11) is 0. The number of fused-ring (bicyclic) bond motifs is 1. The molecule has 120 valence electrons. The molecular weight excluding hydrogens is 372 g/mol. The highest BCUT2D eigenvalue weighted by molar-refractivity contribution is 9.10. The first kappa shape index (κ1) is 15.4. The third-order valence-corrected chi connectivity index (χ3v) is 4.47. The lowest BCUT2D eigenvalue weighted by Crippen LogP contribution is -2.19. The summed E-state index contributed by atoms with van der Waals surface area (Å²) in [6.07, 6.45) is 3.64. The fourth-order valence-electron chi connectivity index (χ4n) is 2.83.